The Morgan fingerprint density at radius 2 is 1.97 bits per heavy atom. The molecule has 0 saturated heterocycles. The molecule has 30 heavy (non-hydrogen) atoms. The number of carbonyl (C=O) groups excluding carboxylic acids is 2. The van der Waals surface area contributed by atoms with Gasteiger partial charge in [0.2, 0.25) is 0 Å². The lowest BCUT2D eigenvalue weighted by molar-refractivity contribution is -0.141. The van der Waals surface area contributed by atoms with Crippen molar-refractivity contribution in [2.45, 2.75) is 19.5 Å². The van der Waals surface area contributed by atoms with E-state index in [0.29, 0.717) is 24.2 Å². The lowest BCUT2D eigenvalue weighted by Gasteiger charge is -2.17. The summed E-state index contributed by atoms with van der Waals surface area (Å²) >= 11 is 0. The third-order valence-electron chi connectivity index (χ3n) is 4.87. The molecule has 1 N–H and O–H groups in total. The van der Waals surface area contributed by atoms with Crippen molar-refractivity contribution in [2.75, 3.05) is 16.8 Å². The second kappa shape index (κ2) is 7.33. The molecule has 1 aromatic carbocycles. The van der Waals surface area contributed by atoms with E-state index in [2.05, 4.69) is 10.3 Å². The van der Waals surface area contributed by atoms with Gasteiger partial charge in [0.05, 0.1) is 23.1 Å². The molecule has 2 aromatic heterocycles. The number of carbonyl (C=O) groups is 2. The van der Waals surface area contributed by atoms with Gasteiger partial charge in [0.25, 0.3) is 11.8 Å². The van der Waals surface area contributed by atoms with Crippen molar-refractivity contribution >= 4 is 23.2 Å². The standard InChI is InChI=1S/C21H16F3N3O3/c1-12-16(3-5-18(25-12)21(22,23)24)19(28)26-15-2-4-17-13(10-15)6-8-27(17)20(29)14-7-9-30-11-14/h2-5,7,9-11H,6,8H2,1H3,(H,26,28). The van der Waals surface area contributed by atoms with Crippen molar-refractivity contribution < 1.29 is 27.2 Å². The highest BCUT2D eigenvalue weighted by molar-refractivity contribution is 6.08. The number of rotatable bonds is 3. The van der Waals surface area contributed by atoms with E-state index >= 15 is 0 Å². The fourth-order valence-electron chi connectivity index (χ4n) is 3.39. The monoisotopic (exact) mass is 415 g/mol. The molecule has 3 heterocycles. The van der Waals surface area contributed by atoms with Gasteiger partial charge in [-0.15, -0.1) is 0 Å². The SMILES string of the molecule is Cc1nc(C(F)(F)F)ccc1C(=O)Nc1ccc2c(c1)CCN2C(=O)c1ccoc1. The van der Waals surface area contributed by atoms with E-state index in [4.69, 9.17) is 4.42 Å². The summed E-state index contributed by atoms with van der Waals surface area (Å²) in [6, 6.07) is 8.61. The minimum atomic E-state index is -4.57. The molecule has 154 valence electrons. The third-order valence-corrected chi connectivity index (χ3v) is 4.87. The van der Waals surface area contributed by atoms with Gasteiger partial charge in [-0.2, -0.15) is 13.2 Å². The smallest absolute Gasteiger partial charge is 0.433 e. The lowest BCUT2D eigenvalue weighted by Crippen LogP contribution is -2.28. The Morgan fingerprint density at radius 3 is 2.63 bits per heavy atom. The number of amides is 2. The molecular weight excluding hydrogens is 399 g/mol. The summed E-state index contributed by atoms with van der Waals surface area (Å²) < 4.78 is 43.2. The number of aromatic nitrogens is 1. The molecule has 0 bridgehead atoms. The van der Waals surface area contributed by atoms with Crippen LogP contribution in [-0.2, 0) is 12.6 Å². The molecule has 0 radical (unpaired) electrons. The first-order chi connectivity index (χ1) is 14.2. The van der Waals surface area contributed by atoms with E-state index in [-0.39, 0.29) is 17.2 Å². The van der Waals surface area contributed by atoms with Crippen molar-refractivity contribution in [1.82, 2.24) is 4.98 Å². The molecule has 0 unspecified atom stereocenters. The minimum Gasteiger partial charge on any atom is -0.472 e. The van der Waals surface area contributed by atoms with Crippen LogP contribution in [0, 0.1) is 6.92 Å². The number of furan rings is 1. The number of fused-ring (bicyclic) bond motifs is 1. The number of halogens is 3. The van der Waals surface area contributed by atoms with E-state index in [0.717, 1.165) is 23.4 Å². The van der Waals surface area contributed by atoms with Crippen LogP contribution >= 0.6 is 0 Å². The zero-order valence-corrected chi connectivity index (χ0v) is 15.8. The number of hydrogen-bond acceptors (Lipinski definition) is 4. The molecule has 1 aliphatic rings. The van der Waals surface area contributed by atoms with Gasteiger partial charge in [0.1, 0.15) is 12.0 Å². The Kier molecular flexibility index (Phi) is 4.81. The number of nitrogens with zero attached hydrogens (tertiary/aromatic N) is 2. The molecule has 1 aliphatic heterocycles. The summed E-state index contributed by atoms with van der Waals surface area (Å²) in [6.07, 6.45) is -1.14. The van der Waals surface area contributed by atoms with Crippen LogP contribution in [0.5, 0.6) is 0 Å². The highest BCUT2D eigenvalue weighted by atomic mass is 19.4. The number of alkyl halides is 3. The van der Waals surface area contributed by atoms with Crippen LogP contribution in [0.3, 0.4) is 0 Å². The highest BCUT2D eigenvalue weighted by Crippen LogP contribution is 2.32. The van der Waals surface area contributed by atoms with E-state index in [1.165, 1.54) is 19.5 Å². The predicted molar refractivity (Wildman–Crippen MR) is 102 cm³/mol. The summed E-state index contributed by atoms with van der Waals surface area (Å²) in [5.74, 6) is -0.733. The molecule has 9 heteroatoms. The summed E-state index contributed by atoms with van der Waals surface area (Å²) in [4.78, 5) is 30.2. The fraction of sp³-hybridized carbons (Fsp3) is 0.190. The molecule has 0 spiro atoms. The van der Waals surface area contributed by atoms with Gasteiger partial charge in [0, 0.05) is 17.9 Å². The first-order valence-electron chi connectivity index (χ1n) is 9.07. The van der Waals surface area contributed by atoms with Crippen molar-refractivity contribution in [3.05, 3.63) is 77.0 Å². The van der Waals surface area contributed by atoms with Gasteiger partial charge >= 0.3 is 6.18 Å². The topological polar surface area (TPSA) is 75.4 Å². The van der Waals surface area contributed by atoms with Gasteiger partial charge in [-0.05, 0) is 55.3 Å². The third kappa shape index (κ3) is 3.66. The Hall–Kier alpha value is -3.62. The summed E-state index contributed by atoms with van der Waals surface area (Å²) in [5.41, 5.74) is 1.55. The van der Waals surface area contributed by atoms with Crippen LogP contribution in [0.4, 0.5) is 24.5 Å². The number of pyridine rings is 1. The Balaban J connectivity index is 1.52. The molecule has 6 nitrogen and oxygen atoms in total. The normalized spacial score (nSPS) is 13.3. The first-order valence-corrected chi connectivity index (χ1v) is 9.07. The molecule has 2 amide bonds. The van der Waals surface area contributed by atoms with Crippen molar-refractivity contribution in [2.24, 2.45) is 0 Å². The molecule has 0 aliphatic carbocycles. The van der Waals surface area contributed by atoms with Gasteiger partial charge in [-0.25, -0.2) is 4.98 Å². The Morgan fingerprint density at radius 1 is 1.17 bits per heavy atom. The Bertz CT molecular complexity index is 1120. The molecule has 0 fully saturated rings. The van der Waals surface area contributed by atoms with E-state index in [1.807, 2.05) is 0 Å². The van der Waals surface area contributed by atoms with Crippen LogP contribution < -0.4 is 10.2 Å². The first kappa shape index (κ1) is 19.7. The van der Waals surface area contributed by atoms with Gasteiger partial charge in [0.15, 0.2) is 0 Å². The molecule has 0 atom stereocenters. The number of anilines is 2. The van der Waals surface area contributed by atoms with Gasteiger partial charge in [-0.3, -0.25) is 9.59 Å². The maximum absolute atomic E-state index is 12.8. The van der Waals surface area contributed by atoms with Crippen LogP contribution in [0.25, 0.3) is 0 Å². The zero-order chi connectivity index (χ0) is 21.5. The van der Waals surface area contributed by atoms with Crippen molar-refractivity contribution in [3.63, 3.8) is 0 Å². The number of aryl methyl sites for hydroxylation is 1. The molecule has 0 saturated carbocycles. The second-order valence-corrected chi connectivity index (χ2v) is 6.84. The zero-order valence-electron chi connectivity index (χ0n) is 15.8. The summed E-state index contributed by atoms with van der Waals surface area (Å²) in [7, 11) is 0. The van der Waals surface area contributed by atoms with Crippen LogP contribution in [-0.4, -0.2) is 23.3 Å². The highest BCUT2D eigenvalue weighted by Gasteiger charge is 2.33. The lowest BCUT2D eigenvalue weighted by atomic mass is 10.1. The fourth-order valence-corrected chi connectivity index (χ4v) is 3.39. The molecule has 3 aromatic rings. The maximum Gasteiger partial charge on any atom is 0.433 e. The Labute approximate surface area is 169 Å². The number of benzene rings is 1. The summed E-state index contributed by atoms with van der Waals surface area (Å²) in [5, 5.41) is 2.68. The van der Waals surface area contributed by atoms with Crippen LogP contribution in [0.2, 0.25) is 0 Å². The quantitative estimate of drug-likeness (QED) is 0.686. The van der Waals surface area contributed by atoms with Gasteiger partial charge in [-0.1, -0.05) is 0 Å². The van der Waals surface area contributed by atoms with E-state index in [9.17, 15) is 22.8 Å². The number of nitrogens with one attached hydrogen (secondary N) is 1. The largest absolute Gasteiger partial charge is 0.472 e. The van der Waals surface area contributed by atoms with Crippen molar-refractivity contribution in [3.8, 4) is 0 Å². The van der Waals surface area contributed by atoms with Crippen LogP contribution in [0.1, 0.15) is 37.7 Å². The average Bonchev–Trinajstić information content (AvgIpc) is 3.36. The minimum absolute atomic E-state index is 0.0135. The average molecular weight is 415 g/mol. The maximum atomic E-state index is 12.8. The number of hydrogen-bond donors (Lipinski definition) is 1. The predicted octanol–water partition coefficient (Wildman–Crippen LogP) is 4.46. The summed E-state index contributed by atoms with van der Waals surface area (Å²) in [6.45, 7) is 1.85. The molecular formula is C21H16F3N3O3. The molecule has 4 rings (SSSR count). The van der Waals surface area contributed by atoms with Crippen LogP contribution in [0.15, 0.2) is 53.3 Å². The van der Waals surface area contributed by atoms with E-state index in [1.54, 1.807) is 29.2 Å². The van der Waals surface area contributed by atoms with Gasteiger partial charge < -0.3 is 14.6 Å². The van der Waals surface area contributed by atoms with E-state index < -0.39 is 17.8 Å². The van der Waals surface area contributed by atoms with Crippen molar-refractivity contribution in [1.29, 1.82) is 0 Å². The second-order valence-electron chi connectivity index (χ2n) is 6.84.